The molecule has 0 saturated carbocycles. The maximum absolute atomic E-state index is 13.9. The zero-order valence-electron chi connectivity index (χ0n) is 20.7. The number of rotatable bonds is 9. The number of hydrogen-bond donors (Lipinski definition) is 1. The number of benzene rings is 4. The van der Waals surface area contributed by atoms with Crippen molar-refractivity contribution in [2.75, 3.05) is 27.2 Å². The minimum atomic E-state index is -3.87. The topological polar surface area (TPSA) is 75.3 Å². The van der Waals surface area contributed by atoms with Crippen molar-refractivity contribution in [2.24, 2.45) is 0 Å². The SMILES string of the molecule is CN(C)CCOC(Cc1cccc(Cl)c1)c1ccc2n[nH]c(S(=O)(=O)c3cccc4ccccc34)c2c1. The Kier molecular flexibility index (Phi) is 7.31. The molecular formula is C29H28ClN3O3S. The first-order valence-electron chi connectivity index (χ1n) is 12.0. The Balaban J connectivity index is 1.56. The van der Waals surface area contributed by atoms with E-state index in [1.807, 2.05) is 86.9 Å². The minimum absolute atomic E-state index is 0.0792. The summed E-state index contributed by atoms with van der Waals surface area (Å²) in [4.78, 5) is 2.31. The van der Waals surface area contributed by atoms with Gasteiger partial charge in [0.05, 0.1) is 23.1 Å². The third kappa shape index (κ3) is 5.40. The summed E-state index contributed by atoms with van der Waals surface area (Å²) in [6.07, 6.45) is 0.314. The first-order valence-corrected chi connectivity index (χ1v) is 13.9. The van der Waals surface area contributed by atoms with Gasteiger partial charge in [-0.3, -0.25) is 5.10 Å². The van der Waals surface area contributed by atoms with E-state index in [0.29, 0.717) is 34.3 Å². The van der Waals surface area contributed by atoms with Crippen molar-refractivity contribution >= 4 is 43.1 Å². The lowest BCUT2D eigenvalue weighted by molar-refractivity contribution is 0.0437. The fourth-order valence-corrected chi connectivity index (χ4v) is 6.26. The molecule has 5 rings (SSSR count). The molecule has 0 saturated heterocycles. The van der Waals surface area contributed by atoms with Crippen LogP contribution in [0.1, 0.15) is 17.2 Å². The molecule has 1 heterocycles. The van der Waals surface area contributed by atoms with Crippen LogP contribution >= 0.6 is 11.6 Å². The number of sulfone groups is 1. The molecule has 0 spiro atoms. The maximum Gasteiger partial charge on any atom is 0.224 e. The van der Waals surface area contributed by atoms with Crippen LogP contribution in [0.5, 0.6) is 0 Å². The number of H-pyrrole nitrogens is 1. The normalized spacial score (nSPS) is 13.0. The van der Waals surface area contributed by atoms with E-state index in [1.165, 1.54) is 0 Å². The van der Waals surface area contributed by atoms with Crippen LogP contribution in [0.3, 0.4) is 0 Å². The second kappa shape index (κ2) is 10.6. The van der Waals surface area contributed by atoms with Gasteiger partial charge in [0.1, 0.15) is 0 Å². The van der Waals surface area contributed by atoms with E-state index in [2.05, 4.69) is 15.1 Å². The molecule has 190 valence electrons. The average Bonchev–Trinajstić information content (AvgIpc) is 3.32. The smallest absolute Gasteiger partial charge is 0.224 e. The lowest BCUT2D eigenvalue weighted by Gasteiger charge is -2.20. The van der Waals surface area contributed by atoms with Crippen molar-refractivity contribution < 1.29 is 13.2 Å². The van der Waals surface area contributed by atoms with Gasteiger partial charge in [-0.2, -0.15) is 5.10 Å². The Morgan fingerprint density at radius 1 is 0.946 bits per heavy atom. The van der Waals surface area contributed by atoms with Crippen LogP contribution in [0, 0.1) is 0 Å². The van der Waals surface area contributed by atoms with Gasteiger partial charge in [0, 0.05) is 28.8 Å². The summed E-state index contributed by atoms with van der Waals surface area (Å²) < 4.78 is 34.0. The quantitative estimate of drug-likeness (QED) is 0.249. The summed E-state index contributed by atoms with van der Waals surface area (Å²) >= 11 is 6.23. The van der Waals surface area contributed by atoms with E-state index in [1.54, 1.807) is 12.1 Å². The molecule has 0 aliphatic rings. The second-order valence-electron chi connectivity index (χ2n) is 9.31. The van der Waals surface area contributed by atoms with E-state index >= 15 is 0 Å². The Morgan fingerprint density at radius 3 is 2.54 bits per heavy atom. The van der Waals surface area contributed by atoms with Gasteiger partial charge >= 0.3 is 0 Å². The number of aromatic nitrogens is 2. The highest BCUT2D eigenvalue weighted by Gasteiger charge is 2.26. The molecular weight excluding hydrogens is 506 g/mol. The molecule has 0 fully saturated rings. The van der Waals surface area contributed by atoms with Crippen LogP contribution in [0.2, 0.25) is 5.02 Å². The molecule has 0 radical (unpaired) electrons. The number of likely N-dealkylation sites (N-methyl/N-ethyl adjacent to an activating group) is 1. The van der Waals surface area contributed by atoms with Crippen LogP contribution in [0.4, 0.5) is 0 Å². The Hall–Kier alpha value is -3.23. The molecule has 37 heavy (non-hydrogen) atoms. The van der Waals surface area contributed by atoms with Gasteiger partial charge in [-0.15, -0.1) is 0 Å². The van der Waals surface area contributed by atoms with Crippen LogP contribution < -0.4 is 0 Å². The summed E-state index contributed by atoms with van der Waals surface area (Å²) in [6.45, 7) is 1.30. The van der Waals surface area contributed by atoms with Gasteiger partial charge in [0.2, 0.25) is 9.84 Å². The lowest BCUT2D eigenvalue weighted by atomic mass is 10.00. The molecule has 6 nitrogen and oxygen atoms in total. The van der Waals surface area contributed by atoms with Gasteiger partial charge in [-0.05, 0) is 60.9 Å². The molecule has 4 aromatic carbocycles. The Morgan fingerprint density at radius 2 is 1.73 bits per heavy atom. The highest BCUT2D eigenvalue weighted by atomic mass is 35.5. The van der Waals surface area contributed by atoms with E-state index < -0.39 is 9.84 Å². The van der Waals surface area contributed by atoms with Crippen LogP contribution in [-0.2, 0) is 21.0 Å². The molecule has 1 aromatic heterocycles. The van der Waals surface area contributed by atoms with Crippen LogP contribution in [-0.4, -0.2) is 50.8 Å². The fourth-order valence-electron chi connectivity index (χ4n) is 4.48. The number of hydrogen-bond acceptors (Lipinski definition) is 5. The first kappa shape index (κ1) is 25.4. The van der Waals surface area contributed by atoms with E-state index in [9.17, 15) is 8.42 Å². The molecule has 1 unspecified atom stereocenters. The van der Waals surface area contributed by atoms with Crippen LogP contribution in [0.25, 0.3) is 21.7 Å². The van der Waals surface area contributed by atoms with E-state index in [4.69, 9.17) is 16.3 Å². The van der Waals surface area contributed by atoms with E-state index in [-0.39, 0.29) is 16.0 Å². The van der Waals surface area contributed by atoms with Gasteiger partial charge in [-0.25, -0.2) is 8.42 Å². The largest absolute Gasteiger partial charge is 0.372 e. The molecule has 1 atom stereocenters. The summed E-state index contributed by atoms with van der Waals surface area (Å²) in [5.41, 5.74) is 2.50. The van der Waals surface area contributed by atoms with Crippen molar-refractivity contribution in [1.29, 1.82) is 0 Å². The minimum Gasteiger partial charge on any atom is -0.372 e. The summed E-state index contributed by atoms with van der Waals surface area (Å²) in [5.74, 6) is 0. The predicted octanol–water partition coefficient (Wildman–Crippen LogP) is 6.06. The maximum atomic E-state index is 13.9. The number of aromatic amines is 1. The highest BCUT2D eigenvalue weighted by molar-refractivity contribution is 7.91. The molecule has 8 heteroatoms. The summed E-state index contributed by atoms with van der Waals surface area (Å²) in [6, 6.07) is 26.1. The van der Waals surface area contributed by atoms with Crippen molar-refractivity contribution in [1.82, 2.24) is 15.1 Å². The van der Waals surface area contributed by atoms with Crippen molar-refractivity contribution in [2.45, 2.75) is 22.4 Å². The third-order valence-electron chi connectivity index (χ3n) is 6.39. The zero-order valence-corrected chi connectivity index (χ0v) is 22.3. The second-order valence-corrected chi connectivity index (χ2v) is 11.6. The highest BCUT2D eigenvalue weighted by Crippen LogP contribution is 2.33. The van der Waals surface area contributed by atoms with Crippen molar-refractivity contribution in [3.63, 3.8) is 0 Å². The zero-order chi connectivity index (χ0) is 26.0. The number of halogens is 1. The molecule has 0 bridgehead atoms. The van der Waals surface area contributed by atoms with Gasteiger partial charge in [0.15, 0.2) is 5.03 Å². The predicted molar refractivity (Wildman–Crippen MR) is 148 cm³/mol. The Labute approximate surface area is 221 Å². The fraction of sp³-hybridized carbons (Fsp3) is 0.207. The summed E-state index contributed by atoms with van der Waals surface area (Å²) in [5, 5.41) is 9.92. The number of nitrogens with zero attached hydrogens (tertiary/aromatic N) is 2. The Bertz CT molecular complexity index is 1660. The number of nitrogens with one attached hydrogen (secondary N) is 1. The van der Waals surface area contributed by atoms with E-state index in [0.717, 1.165) is 23.1 Å². The van der Waals surface area contributed by atoms with Gasteiger partial charge < -0.3 is 9.64 Å². The van der Waals surface area contributed by atoms with Crippen LogP contribution in [0.15, 0.2) is 94.9 Å². The molecule has 0 aliphatic carbocycles. The lowest BCUT2D eigenvalue weighted by Crippen LogP contribution is -2.20. The first-order chi connectivity index (χ1) is 17.8. The standard InChI is InChI=1S/C29H28ClN3O3S/c1-33(2)15-16-36-27(18-20-7-5-10-23(30)17-20)22-13-14-26-25(19-22)29(32-31-26)37(34,35)28-12-6-9-21-8-3-4-11-24(21)28/h3-14,17,19,27H,15-16,18H2,1-2H3,(H,31,32). The molecule has 0 amide bonds. The molecule has 0 aliphatic heterocycles. The average molecular weight is 534 g/mol. The van der Waals surface area contributed by atoms with Gasteiger partial charge in [-0.1, -0.05) is 66.2 Å². The van der Waals surface area contributed by atoms with Crippen molar-refractivity contribution in [3.05, 3.63) is 101 Å². The van der Waals surface area contributed by atoms with Crippen molar-refractivity contribution in [3.8, 4) is 0 Å². The number of fused-ring (bicyclic) bond motifs is 2. The monoisotopic (exact) mass is 533 g/mol. The molecule has 1 N–H and O–H groups in total. The number of ether oxygens (including phenoxy) is 1. The third-order valence-corrected chi connectivity index (χ3v) is 8.41. The molecule has 5 aromatic rings. The summed E-state index contributed by atoms with van der Waals surface area (Å²) in [7, 11) is 0.128. The van der Waals surface area contributed by atoms with Gasteiger partial charge in [0.25, 0.3) is 0 Å².